The first-order chi connectivity index (χ1) is 10.3. The molecule has 0 saturated heterocycles. The molecule has 4 nitrogen and oxygen atoms in total. The van der Waals surface area contributed by atoms with E-state index in [0.29, 0.717) is 11.8 Å². The lowest BCUT2D eigenvalue weighted by molar-refractivity contribution is 0.244. The summed E-state index contributed by atoms with van der Waals surface area (Å²) in [4.78, 5) is -0.631. The molecule has 0 unspecified atom stereocenters. The Morgan fingerprint density at radius 1 is 1.09 bits per heavy atom. The molecule has 0 atom stereocenters. The quantitative estimate of drug-likeness (QED) is 0.913. The van der Waals surface area contributed by atoms with Crippen molar-refractivity contribution in [3.8, 4) is 5.75 Å². The van der Waals surface area contributed by atoms with Gasteiger partial charge in [-0.3, -0.25) is 4.72 Å². The molecule has 118 valence electrons. The van der Waals surface area contributed by atoms with Crippen LogP contribution in [0.15, 0.2) is 47.4 Å². The van der Waals surface area contributed by atoms with Crippen LogP contribution >= 0.6 is 0 Å². The Hall–Kier alpha value is -2.15. The van der Waals surface area contributed by atoms with Gasteiger partial charge in [-0.05, 0) is 38.1 Å². The summed E-state index contributed by atoms with van der Waals surface area (Å²) < 4.78 is 58.8. The molecular formula is C15H15F2NO3S. The molecule has 0 fully saturated rings. The fourth-order valence-electron chi connectivity index (χ4n) is 1.80. The zero-order valence-electron chi connectivity index (χ0n) is 12.0. The van der Waals surface area contributed by atoms with Crippen molar-refractivity contribution in [3.05, 3.63) is 54.1 Å². The molecule has 1 N–H and O–H groups in total. The fourth-order valence-corrected chi connectivity index (χ4v) is 2.93. The normalized spacial score (nSPS) is 11.5. The second kappa shape index (κ2) is 6.31. The number of rotatable bonds is 5. The van der Waals surface area contributed by atoms with Crippen molar-refractivity contribution in [2.45, 2.75) is 24.8 Å². The van der Waals surface area contributed by atoms with Gasteiger partial charge in [0.2, 0.25) is 0 Å². The van der Waals surface area contributed by atoms with Gasteiger partial charge in [0.25, 0.3) is 10.0 Å². The Kier molecular flexibility index (Phi) is 4.65. The van der Waals surface area contributed by atoms with Crippen LogP contribution in [-0.2, 0) is 10.0 Å². The zero-order valence-corrected chi connectivity index (χ0v) is 12.8. The van der Waals surface area contributed by atoms with Gasteiger partial charge in [-0.1, -0.05) is 12.1 Å². The van der Waals surface area contributed by atoms with Crippen molar-refractivity contribution in [2.75, 3.05) is 4.72 Å². The van der Waals surface area contributed by atoms with Crippen LogP contribution in [0, 0.1) is 11.6 Å². The van der Waals surface area contributed by atoms with Gasteiger partial charge < -0.3 is 4.74 Å². The van der Waals surface area contributed by atoms with Crippen molar-refractivity contribution in [2.24, 2.45) is 0 Å². The van der Waals surface area contributed by atoms with Crippen LogP contribution in [0.1, 0.15) is 13.8 Å². The third-order valence-corrected chi connectivity index (χ3v) is 4.08. The predicted molar refractivity (Wildman–Crippen MR) is 79.4 cm³/mol. The number of para-hydroxylation sites is 2. The van der Waals surface area contributed by atoms with E-state index < -0.39 is 26.6 Å². The van der Waals surface area contributed by atoms with Gasteiger partial charge in [0.05, 0.1) is 11.8 Å². The largest absolute Gasteiger partial charge is 0.489 e. The molecule has 0 aliphatic rings. The van der Waals surface area contributed by atoms with E-state index in [1.165, 1.54) is 6.07 Å². The van der Waals surface area contributed by atoms with Crippen molar-refractivity contribution < 1.29 is 21.9 Å². The second-order valence-corrected chi connectivity index (χ2v) is 6.49. The van der Waals surface area contributed by atoms with Gasteiger partial charge in [-0.15, -0.1) is 0 Å². The van der Waals surface area contributed by atoms with Crippen LogP contribution in [0.4, 0.5) is 14.5 Å². The maximum atomic E-state index is 13.7. The number of ether oxygens (including phenoxy) is 1. The summed E-state index contributed by atoms with van der Waals surface area (Å²) in [6.45, 7) is 3.59. The monoisotopic (exact) mass is 327 g/mol. The average molecular weight is 327 g/mol. The van der Waals surface area contributed by atoms with E-state index >= 15 is 0 Å². The number of hydrogen-bond acceptors (Lipinski definition) is 3. The topological polar surface area (TPSA) is 55.4 Å². The summed E-state index contributed by atoms with van der Waals surface area (Å²) in [5, 5.41) is 0. The van der Waals surface area contributed by atoms with Crippen LogP contribution < -0.4 is 9.46 Å². The molecule has 22 heavy (non-hydrogen) atoms. The summed E-state index contributed by atoms with van der Waals surface area (Å²) in [5.74, 6) is -1.68. The molecule has 0 aromatic heterocycles. The number of halogens is 2. The Morgan fingerprint density at radius 2 is 1.77 bits per heavy atom. The first-order valence-corrected chi connectivity index (χ1v) is 8.01. The summed E-state index contributed by atoms with van der Waals surface area (Å²) in [5.41, 5.74) is 0.180. The molecular weight excluding hydrogens is 312 g/mol. The van der Waals surface area contributed by atoms with Gasteiger partial charge in [-0.25, -0.2) is 17.2 Å². The molecule has 0 spiro atoms. The first-order valence-electron chi connectivity index (χ1n) is 6.53. The first kappa shape index (κ1) is 16.2. The smallest absolute Gasteiger partial charge is 0.264 e. The van der Waals surface area contributed by atoms with Crippen LogP contribution in [0.25, 0.3) is 0 Å². The Bertz CT molecular complexity index is 776. The maximum Gasteiger partial charge on any atom is 0.264 e. The molecule has 0 aliphatic heterocycles. The molecule has 2 rings (SSSR count). The summed E-state index contributed by atoms with van der Waals surface area (Å²) in [7, 11) is -4.19. The lowest BCUT2D eigenvalue weighted by atomic mass is 10.3. The van der Waals surface area contributed by atoms with Gasteiger partial charge in [0.1, 0.15) is 22.3 Å². The molecule has 7 heteroatoms. The zero-order chi connectivity index (χ0) is 16.3. The van der Waals surface area contributed by atoms with E-state index in [2.05, 4.69) is 4.72 Å². The van der Waals surface area contributed by atoms with Crippen LogP contribution in [0.3, 0.4) is 0 Å². The lowest BCUT2D eigenvalue weighted by Gasteiger charge is -2.15. The summed E-state index contributed by atoms with van der Waals surface area (Å²) in [6.07, 6.45) is -0.159. The minimum absolute atomic E-state index is 0.159. The number of anilines is 1. The van der Waals surface area contributed by atoms with Crippen molar-refractivity contribution in [1.29, 1.82) is 0 Å². The third-order valence-electron chi connectivity index (χ3n) is 2.68. The Labute approximate surface area is 127 Å². The fraction of sp³-hybridized carbons (Fsp3) is 0.200. The SMILES string of the molecule is CC(C)Oc1ccccc1NS(=O)(=O)c1ccc(F)cc1F. The van der Waals surface area contributed by atoms with E-state index in [1.807, 2.05) is 0 Å². The number of sulfonamides is 1. The molecule has 0 heterocycles. The van der Waals surface area contributed by atoms with Crippen molar-refractivity contribution >= 4 is 15.7 Å². The average Bonchev–Trinajstić information content (AvgIpc) is 2.39. The van der Waals surface area contributed by atoms with Gasteiger partial charge >= 0.3 is 0 Å². The molecule has 2 aromatic carbocycles. The van der Waals surface area contributed by atoms with E-state index in [-0.39, 0.29) is 11.8 Å². The van der Waals surface area contributed by atoms with E-state index in [0.717, 1.165) is 12.1 Å². The maximum absolute atomic E-state index is 13.7. The van der Waals surface area contributed by atoms with Gasteiger partial charge in [-0.2, -0.15) is 0 Å². The standard InChI is InChI=1S/C15H15F2NO3S/c1-10(2)21-14-6-4-3-5-13(14)18-22(19,20)15-8-7-11(16)9-12(15)17/h3-10,18H,1-2H3. The van der Waals surface area contributed by atoms with Crippen molar-refractivity contribution in [1.82, 2.24) is 0 Å². The highest BCUT2D eigenvalue weighted by Gasteiger charge is 2.21. The van der Waals surface area contributed by atoms with E-state index in [9.17, 15) is 17.2 Å². The lowest BCUT2D eigenvalue weighted by Crippen LogP contribution is -2.16. The van der Waals surface area contributed by atoms with Crippen LogP contribution in [0.5, 0.6) is 5.75 Å². The molecule has 2 aromatic rings. The number of benzene rings is 2. The molecule has 0 saturated carbocycles. The predicted octanol–water partition coefficient (Wildman–Crippen LogP) is 3.55. The van der Waals surface area contributed by atoms with Gasteiger partial charge in [0, 0.05) is 6.07 Å². The summed E-state index contributed by atoms with van der Waals surface area (Å²) >= 11 is 0. The Morgan fingerprint density at radius 3 is 2.41 bits per heavy atom. The molecule has 0 bridgehead atoms. The van der Waals surface area contributed by atoms with E-state index in [4.69, 9.17) is 4.74 Å². The van der Waals surface area contributed by atoms with Crippen molar-refractivity contribution in [3.63, 3.8) is 0 Å². The van der Waals surface area contributed by atoms with Crippen LogP contribution in [-0.4, -0.2) is 14.5 Å². The highest BCUT2D eigenvalue weighted by atomic mass is 32.2. The van der Waals surface area contributed by atoms with Crippen LogP contribution in [0.2, 0.25) is 0 Å². The molecule has 0 radical (unpaired) electrons. The highest BCUT2D eigenvalue weighted by Crippen LogP contribution is 2.28. The van der Waals surface area contributed by atoms with Gasteiger partial charge in [0.15, 0.2) is 0 Å². The number of nitrogens with one attached hydrogen (secondary N) is 1. The minimum Gasteiger partial charge on any atom is -0.489 e. The number of hydrogen-bond donors (Lipinski definition) is 1. The van der Waals surface area contributed by atoms with E-state index in [1.54, 1.807) is 32.0 Å². The highest BCUT2D eigenvalue weighted by molar-refractivity contribution is 7.92. The molecule has 0 amide bonds. The molecule has 0 aliphatic carbocycles. The summed E-state index contributed by atoms with van der Waals surface area (Å²) in [6, 6.07) is 8.67. The Balaban J connectivity index is 2.37. The third kappa shape index (κ3) is 3.73. The minimum atomic E-state index is -4.19. The second-order valence-electron chi connectivity index (χ2n) is 4.84.